The minimum absolute atomic E-state index is 0.0124. The Balaban J connectivity index is 2.27. The molecule has 4 heteroatoms. The van der Waals surface area contributed by atoms with Gasteiger partial charge in [0.15, 0.2) is 5.78 Å². The fourth-order valence-corrected chi connectivity index (χ4v) is 2.58. The summed E-state index contributed by atoms with van der Waals surface area (Å²) >= 11 is 0. The van der Waals surface area contributed by atoms with Crippen molar-refractivity contribution in [3.8, 4) is 0 Å². The quantitative estimate of drug-likeness (QED) is 0.538. The van der Waals surface area contributed by atoms with E-state index in [2.05, 4.69) is 6.58 Å². The highest BCUT2D eigenvalue weighted by atomic mass is 16.5. The van der Waals surface area contributed by atoms with Crippen molar-refractivity contribution in [2.24, 2.45) is 11.3 Å². The van der Waals surface area contributed by atoms with E-state index in [9.17, 15) is 9.59 Å². The third-order valence-corrected chi connectivity index (χ3v) is 3.37. The molecule has 2 rings (SSSR count). The molecule has 0 aromatic rings. The Kier molecular flexibility index (Phi) is 2.86. The molecule has 17 heavy (non-hydrogen) atoms. The van der Waals surface area contributed by atoms with Crippen molar-refractivity contribution in [3.05, 3.63) is 12.7 Å². The Labute approximate surface area is 102 Å². The summed E-state index contributed by atoms with van der Waals surface area (Å²) in [7, 11) is 0. The lowest BCUT2D eigenvalue weighted by molar-refractivity contribution is -0.143. The van der Waals surface area contributed by atoms with Gasteiger partial charge in [0.05, 0.1) is 6.61 Å². The van der Waals surface area contributed by atoms with Crippen molar-refractivity contribution < 1.29 is 14.3 Å². The van der Waals surface area contributed by atoms with E-state index in [0.717, 1.165) is 0 Å². The molecule has 2 aliphatic rings. The van der Waals surface area contributed by atoms with Crippen LogP contribution in [0.4, 0.5) is 0 Å². The number of carbonyl (C=O) groups is 2. The van der Waals surface area contributed by atoms with Crippen LogP contribution in [0.15, 0.2) is 12.7 Å². The van der Waals surface area contributed by atoms with E-state index in [1.165, 1.54) is 0 Å². The normalized spacial score (nSPS) is 33.1. The molecular formula is C13H19NO3. The fraction of sp³-hybridized carbons (Fsp3) is 0.692. The SMILES string of the molecule is C=CCC1C(=O)[C@H]2CO[C@H](C(C)(C)C)N2C1=O. The van der Waals surface area contributed by atoms with Crippen molar-refractivity contribution in [2.75, 3.05) is 6.61 Å². The maximum atomic E-state index is 12.2. The van der Waals surface area contributed by atoms with Crippen LogP contribution in [0.2, 0.25) is 0 Å². The summed E-state index contributed by atoms with van der Waals surface area (Å²) < 4.78 is 5.61. The molecular weight excluding hydrogens is 218 g/mol. The lowest BCUT2D eigenvalue weighted by Gasteiger charge is -2.32. The highest BCUT2D eigenvalue weighted by molar-refractivity contribution is 6.11. The number of hydrogen-bond acceptors (Lipinski definition) is 3. The average molecular weight is 237 g/mol. The van der Waals surface area contributed by atoms with Crippen molar-refractivity contribution in [1.29, 1.82) is 0 Å². The number of carbonyl (C=O) groups excluding carboxylic acids is 2. The molecule has 0 aromatic heterocycles. The summed E-state index contributed by atoms with van der Waals surface area (Å²) in [6.45, 7) is 9.97. The lowest BCUT2D eigenvalue weighted by Crippen LogP contribution is -2.44. The van der Waals surface area contributed by atoms with Crippen LogP contribution in [0.5, 0.6) is 0 Å². The smallest absolute Gasteiger partial charge is 0.236 e. The monoisotopic (exact) mass is 237 g/mol. The first-order valence-corrected chi connectivity index (χ1v) is 5.96. The second-order valence-electron chi connectivity index (χ2n) is 5.79. The van der Waals surface area contributed by atoms with Crippen LogP contribution in [-0.2, 0) is 14.3 Å². The van der Waals surface area contributed by atoms with Crippen molar-refractivity contribution >= 4 is 11.7 Å². The first-order chi connectivity index (χ1) is 7.88. The third kappa shape index (κ3) is 1.80. The van der Waals surface area contributed by atoms with Crippen molar-refractivity contribution in [3.63, 3.8) is 0 Å². The van der Waals surface area contributed by atoms with Gasteiger partial charge < -0.3 is 9.64 Å². The summed E-state index contributed by atoms with van der Waals surface area (Å²) in [5, 5.41) is 0. The maximum absolute atomic E-state index is 12.2. The number of nitrogens with zero attached hydrogens (tertiary/aromatic N) is 1. The Morgan fingerprint density at radius 2 is 2.12 bits per heavy atom. The van der Waals surface area contributed by atoms with Gasteiger partial charge in [-0.3, -0.25) is 9.59 Å². The zero-order valence-electron chi connectivity index (χ0n) is 10.6. The molecule has 2 saturated heterocycles. The number of fused-ring (bicyclic) bond motifs is 1. The second-order valence-corrected chi connectivity index (χ2v) is 5.79. The molecule has 0 aliphatic carbocycles. The van der Waals surface area contributed by atoms with Crippen LogP contribution < -0.4 is 0 Å². The van der Waals surface area contributed by atoms with Gasteiger partial charge >= 0.3 is 0 Å². The summed E-state index contributed by atoms with van der Waals surface area (Å²) in [6, 6.07) is -0.378. The molecule has 0 saturated carbocycles. The molecule has 0 N–H and O–H groups in total. The van der Waals surface area contributed by atoms with E-state index in [-0.39, 0.29) is 29.4 Å². The molecule has 1 unspecified atom stereocenters. The van der Waals surface area contributed by atoms with E-state index in [4.69, 9.17) is 4.74 Å². The number of amides is 1. The van der Waals surface area contributed by atoms with Gasteiger partial charge in [-0.2, -0.15) is 0 Å². The van der Waals surface area contributed by atoms with Crippen molar-refractivity contribution in [1.82, 2.24) is 4.90 Å². The predicted molar refractivity (Wildman–Crippen MR) is 63.1 cm³/mol. The zero-order valence-corrected chi connectivity index (χ0v) is 10.6. The topological polar surface area (TPSA) is 46.6 Å². The number of hydrogen-bond donors (Lipinski definition) is 0. The van der Waals surface area contributed by atoms with Gasteiger partial charge in [0.25, 0.3) is 0 Å². The van der Waals surface area contributed by atoms with Gasteiger partial charge in [0.1, 0.15) is 18.2 Å². The van der Waals surface area contributed by atoms with E-state index in [1.807, 2.05) is 20.8 Å². The molecule has 3 atom stereocenters. The molecule has 4 nitrogen and oxygen atoms in total. The van der Waals surface area contributed by atoms with Gasteiger partial charge in [-0.05, 0) is 6.42 Å². The molecule has 0 aromatic carbocycles. The van der Waals surface area contributed by atoms with Crippen LogP contribution in [0.1, 0.15) is 27.2 Å². The molecule has 2 heterocycles. The van der Waals surface area contributed by atoms with E-state index >= 15 is 0 Å². The minimum atomic E-state index is -0.536. The van der Waals surface area contributed by atoms with Crippen LogP contribution in [-0.4, -0.2) is 35.5 Å². The van der Waals surface area contributed by atoms with Crippen LogP contribution in [0.3, 0.4) is 0 Å². The average Bonchev–Trinajstić information content (AvgIpc) is 2.74. The first-order valence-electron chi connectivity index (χ1n) is 5.96. The molecule has 1 amide bonds. The fourth-order valence-electron chi connectivity index (χ4n) is 2.58. The third-order valence-electron chi connectivity index (χ3n) is 3.37. The molecule has 0 bridgehead atoms. The number of ether oxygens (including phenoxy) is 1. The predicted octanol–water partition coefficient (Wildman–Crippen LogP) is 1.36. The zero-order chi connectivity index (χ0) is 12.8. The Morgan fingerprint density at radius 1 is 1.47 bits per heavy atom. The van der Waals surface area contributed by atoms with Crippen molar-refractivity contribution in [2.45, 2.75) is 39.5 Å². The lowest BCUT2D eigenvalue weighted by atomic mass is 9.93. The van der Waals surface area contributed by atoms with Gasteiger partial charge in [0.2, 0.25) is 5.91 Å². The summed E-state index contributed by atoms with van der Waals surface area (Å²) in [5.74, 6) is -0.648. The summed E-state index contributed by atoms with van der Waals surface area (Å²) in [4.78, 5) is 25.9. The Hall–Kier alpha value is -1.16. The highest BCUT2D eigenvalue weighted by Gasteiger charge is 2.55. The van der Waals surface area contributed by atoms with Crippen LogP contribution in [0, 0.1) is 11.3 Å². The van der Waals surface area contributed by atoms with Gasteiger partial charge in [-0.25, -0.2) is 0 Å². The largest absolute Gasteiger partial charge is 0.355 e. The summed E-state index contributed by atoms with van der Waals surface area (Å²) in [6.07, 6.45) is 1.77. The number of Topliss-reactive ketones (excluding diaryl/α,β-unsaturated/α-hetero) is 1. The highest BCUT2D eigenvalue weighted by Crippen LogP contribution is 2.38. The van der Waals surface area contributed by atoms with Crippen LogP contribution >= 0.6 is 0 Å². The van der Waals surface area contributed by atoms with Gasteiger partial charge in [-0.15, -0.1) is 6.58 Å². The molecule has 0 spiro atoms. The molecule has 2 aliphatic heterocycles. The minimum Gasteiger partial charge on any atom is -0.355 e. The number of ketones is 1. The number of rotatable bonds is 2. The van der Waals surface area contributed by atoms with E-state index in [1.54, 1.807) is 11.0 Å². The summed E-state index contributed by atoms with van der Waals surface area (Å²) in [5.41, 5.74) is -0.173. The Morgan fingerprint density at radius 3 is 2.65 bits per heavy atom. The van der Waals surface area contributed by atoms with E-state index in [0.29, 0.717) is 13.0 Å². The maximum Gasteiger partial charge on any atom is 0.236 e. The Bertz CT molecular complexity index is 369. The second kappa shape index (κ2) is 3.95. The van der Waals surface area contributed by atoms with Gasteiger partial charge in [0, 0.05) is 5.41 Å². The van der Waals surface area contributed by atoms with Crippen LogP contribution in [0.25, 0.3) is 0 Å². The first kappa shape index (κ1) is 12.3. The molecule has 2 fully saturated rings. The standard InChI is InChI=1S/C13H19NO3/c1-5-6-8-10(15)9-7-17-12(13(2,3)4)14(9)11(8)16/h5,8-9,12H,1,6-7H2,2-4H3/t8?,9-,12-/m1/s1. The molecule has 0 radical (unpaired) electrons. The molecule has 94 valence electrons. The van der Waals surface area contributed by atoms with E-state index < -0.39 is 5.92 Å². The van der Waals surface area contributed by atoms with Gasteiger partial charge in [-0.1, -0.05) is 26.8 Å². The number of allylic oxidation sites excluding steroid dienone is 1.